The summed E-state index contributed by atoms with van der Waals surface area (Å²) in [6, 6.07) is 8.97. The van der Waals surface area contributed by atoms with Gasteiger partial charge in [-0.25, -0.2) is 4.79 Å². The summed E-state index contributed by atoms with van der Waals surface area (Å²) in [5.74, 6) is -1.51. The van der Waals surface area contributed by atoms with E-state index in [0.29, 0.717) is 0 Å². The fraction of sp³-hybridized carbons (Fsp3) is 0.214. The number of rotatable bonds is 4. The number of urea groups is 1. The summed E-state index contributed by atoms with van der Waals surface area (Å²) in [6.07, 6.45) is 3.50. The summed E-state index contributed by atoms with van der Waals surface area (Å²) in [4.78, 5) is 36.8. The molecule has 1 fully saturated rings. The van der Waals surface area contributed by atoms with Crippen LogP contribution in [0.15, 0.2) is 36.4 Å². The summed E-state index contributed by atoms with van der Waals surface area (Å²) >= 11 is 0. The first-order valence-electron chi connectivity index (χ1n) is 6.04. The van der Waals surface area contributed by atoms with E-state index in [9.17, 15) is 14.4 Å². The Hall–Kier alpha value is -2.43. The van der Waals surface area contributed by atoms with Crippen LogP contribution in [0.2, 0.25) is 0 Å². The fourth-order valence-corrected chi connectivity index (χ4v) is 1.85. The van der Waals surface area contributed by atoms with Gasteiger partial charge in [-0.2, -0.15) is 0 Å². The van der Waals surface area contributed by atoms with Crippen LogP contribution in [-0.4, -0.2) is 40.7 Å². The van der Waals surface area contributed by atoms with E-state index >= 15 is 0 Å². The lowest BCUT2D eigenvalue weighted by atomic mass is 10.2. The Balaban J connectivity index is 2.04. The Morgan fingerprint density at radius 3 is 2.21 bits per heavy atom. The molecule has 98 valence electrons. The van der Waals surface area contributed by atoms with Crippen LogP contribution < -0.4 is 0 Å². The smallest absolute Gasteiger partial charge is 0.263 e. The van der Waals surface area contributed by atoms with Gasteiger partial charge in [0.25, 0.3) is 0 Å². The topological polar surface area (TPSA) is 57.7 Å². The zero-order chi connectivity index (χ0) is 13.8. The summed E-state index contributed by atoms with van der Waals surface area (Å²) in [6.45, 7) is 1.98. The Morgan fingerprint density at radius 2 is 1.63 bits per heavy atom. The third-order valence-electron chi connectivity index (χ3n) is 2.85. The molecule has 2 rings (SSSR count). The van der Waals surface area contributed by atoms with E-state index < -0.39 is 17.8 Å². The lowest BCUT2D eigenvalue weighted by Gasteiger charge is -2.11. The highest BCUT2D eigenvalue weighted by atomic mass is 16.2. The van der Waals surface area contributed by atoms with Crippen LogP contribution in [0.3, 0.4) is 0 Å². The molecule has 1 saturated heterocycles. The third-order valence-corrected chi connectivity index (χ3v) is 2.85. The van der Waals surface area contributed by atoms with Crippen molar-refractivity contribution in [2.24, 2.45) is 0 Å². The quantitative estimate of drug-likeness (QED) is 0.607. The van der Waals surface area contributed by atoms with Crippen molar-refractivity contribution in [1.82, 2.24) is 9.80 Å². The van der Waals surface area contributed by atoms with Gasteiger partial charge in [0, 0.05) is 13.1 Å². The van der Waals surface area contributed by atoms with Gasteiger partial charge in [-0.3, -0.25) is 19.4 Å². The molecule has 1 aliphatic rings. The predicted molar refractivity (Wildman–Crippen MR) is 70.0 cm³/mol. The van der Waals surface area contributed by atoms with Crippen molar-refractivity contribution in [2.45, 2.75) is 6.92 Å². The van der Waals surface area contributed by atoms with E-state index in [0.717, 1.165) is 15.4 Å². The number of amides is 4. The second-order valence-corrected chi connectivity index (χ2v) is 4.06. The van der Waals surface area contributed by atoms with Crippen molar-refractivity contribution in [1.29, 1.82) is 0 Å². The molecule has 5 heteroatoms. The molecule has 1 aromatic rings. The van der Waals surface area contributed by atoms with Crippen LogP contribution in [0.1, 0.15) is 12.5 Å². The molecule has 1 heterocycles. The van der Waals surface area contributed by atoms with Crippen LogP contribution in [0.5, 0.6) is 0 Å². The molecule has 0 saturated carbocycles. The van der Waals surface area contributed by atoms with Crippen molar-refractivity contribution in [3.8, 4) is 0 Å². The van der Waals surface area contributed by atoms with Gasteiger partial charge >= 0.3 is 17.8 Å². The van der Waals surface area contributed by atoms with Crippen LogP contribution in [0.25, 0.3) is 6.08 Å². The zero-order valence-corrected chi connectivity index (χ0v) is 10.6. The highest BCUT2D eigenvalue weighted by molar-refractivity contribution is 6.44. The Morgan fingerprint density at radius 1 is 1.00 bits per heavy atom. The summed E-state index contributed by atoms with van der Waals surface area (Å²) in [7, 11) is 0. The first-order valence-corrected chi connectivity index (χ1v) is 6.04. The van der Waals surface area contributed by atoms with Gasteiger partial charge in [0.05, 0.1) is 0 Å². The highest BCUT2D eigenvalue weighted by Crippen LogP contribution is 2.11. The van der Waals surface area contributed by atoms with Gasteiger partial charge in [-0.15, -0.1) is 0 Å². The maximum absolute atomic E-state index is 11.8. The molecule has 19 heavy (non-hydrogen) atoms. The molecular formula is C14H14N2O3. The maximum atomic E-state index is 11.8. The SMILES string of the molecule is CCN1C(=O)C(=O)N(CC=Cc2ccccc2)C1=O. The fourth-order valence-electron chi connectivity index (χ4n) is 1.85. The molecule has 1 aliphatic heterocycles. The Bertz CT molecular complexity index is 537. The molecule has 4 amide bonds. The molecule has 0 radical (unpaired) electrons. The number of benzene rings is 1. The van der Waals surface area contributed by atoms with E-state index in [1.54, 1.807) is 19.1 Å². The summed E-state index contributed by atoms with van der Waals surface area (Å²) in [5, 5.41) is 0. The summed E-state index contributed by atoms with van der Waals surface area (Å²) < 4.78 is 0. The number of hydrogen-bond acceptors (Lipinski definition) is 3. The molecule has 1 aromatic carbocycles. The van der Waals surface area contributed by atoms with Crippen LogP contribution in [0.4, 0.5) is 4.79 Å². The standard InChI is InChI=1S/C14H14N2O3/c1-2-15-12(17)13(18)16(14(15)19)10-6-9-11-7-4-3-5-8-11/h3-9H,2,10H2,1H3. The number of carbonyl (C=O) groups is 3. The normalized spacial score (nSPS) is 15.9. The first kappa shape index (κ1) is 13.0. The number of hydrogen-bond donors (Lipinski definition) is 0. The zero-order valence-electron chi connectivity index (χ0n) is 10.6. The molecule has 0 atom stereocenters. The average Bonchev–Trinajstić information content (AvgIpc) is 2.63. The van der Waals surface area contributed by atoms with Crippen molar-refractivity contribution >= 4 is 23.9 Å². The predicted octanol–water partition coefficient (Wildman–Crippen LogP) is 1.51. The second kappa shape index (κ2) is 5.48. The average molecular weight is 258 g/mol. The van der Waals surface area contributed by atoms with Crippen molar-refractivity contribution < 1.29 is 14.4 Å². The minimum Gasteiger partial charge on any atom is -0.263 e. The first-order chi connectivity index (χ1) is 9.15. The van der Waals surface area contributed by atoms with E-state index in [4.69, 9.17) is 0 Å². The molecule has 0 aromatic heterocycles. The number of likely N-dealkylation sites (N-methyl/N-ethyl adjacent to an activating group) is 1. The van der Waals surface area contributed by atoms with Gasteiger partial charge in [0.2, 0.25) is 0 Å². The molecule has 5 nitrogen and oxygen atoms in total. The van der Waals surface area contributed by atoms with Crippen LogP contribution in [0, 0.1) is 0 Å². The van der Waals surface area contributed by atoms with Gasteiger partial charge in [0.15, 0.2) is 0 Å². The Labute approximate surface area is 111 Å². The monoisotopic (exact) mass is 258 g/mol. The van der Waals surface area contributed by atoms with E-state index in [1.807, 2.05) is 30.3 Å². The number of imide groups is 2. The van der Waals surface area contributed by atoms with Crippen LogP contribution >= 0.6 is 0 Å². The Kier molecular flexibility index (Phi) is 3.75. The number of nitrogens with zero attached hydrogens (tertiary/aromatic N) is 2. The highest BCUT2D eigenvalue weighted by Gasteiger charge is 2.42. The van der Waals surface area contributed by atoms with E-state index in [-0.39, 0.29) is 13.1 Å². The van der Waals surface area contributed by atoms with Gasteiger partial charge in [-0.05, 0) is 12.5 Å². The van der Waals surface area contributed by atoms with Crippen molar-refractivity contribution in [3.63, 3.8) is 0 Å². The minimum atomic E-state index is -0.760. The molecule has 0 aliphatic carbocycles. The molecule has 0 N–H and O–H groups in total. The van der Waals surface area contributed by atoms with Gasteiger partial charge in [-0.1, -0.05) is 42.5 Å². The summed E-state index contributed by atoms with van der Waals surface area (Å²) in [5.41, 5.74) is 0.972. The molecular weight excluding hydrogens is 244 g/mol. The molecule has 0 unspecified atom stereocenters. The van der Waals surface area contributed by atoms with Crippen LogP contribution in [-0.2, 0) is 9.59 Å². The minimum absolute atomic E-state index is 0.106. The second-order valence-electron chi connectivity index (χ2n) is 4.06. The lowest BCUT2D eigenvalue weighted by Crippen LogP contribution is -2.33. The maximum Gasteiger partial charge on any atom is 0.334 e. The van der Waals surface area contributed by atoms with E-state index in [2.05, 4.69) is 0 Å². The van der Waals surface area contributed by atoms with Gasteiger partial charge < -0.3 is 0 Å². The van der Waals surface area contributed by atoms with E-state index in [1.165, 1.54) is 0 Å². The molecule has 0 spiro atoms. The third kappa shape index (κ3) is 2.54. The van der Waals surface area contributed by atoms with Gasteiger partial charge in [0.1, 0.15) is 0 Å². The molecule has 0 bridgehead atoms. The number of carbonyl (C=O) groups excluding carboxylic acids is 3. The lowest BCUT2D eigenvalue weighted by molar-refractivity contribution is -0.143. The largest absolute Gasteiger partial charge is 0.334 e. The van der Waals surface area contributed by atoms with Crippen molar-refractivity contribution in [2.75, 3.05) is 13.1 Å². The van der Waals surface area contributed by atoms with Crippen molar-refractivity contribution in [3.05, 3.63) is 42.0 Å².